The van der Waals surface area contributed by atoms with Crippen LogP contribution in [-0.4, -0.2) is 42.4 Å². The smallest absolute Gasteiger partial charge is 0.324 e. The van der Waals surface area contributed by atoms with E-state index in [9.17, 15) is 14.4 Å². The van der Waals surface area contributed by atoms with Gasteiger partial charge in [-0.25, -0.2) is 4.79 Å². The van der Waals surface area contributed by atoms with E-state index in [0.717, 1.165) is 16.7 Å². The zero-order valence-electron chi connectivity index (χ0n) is 21.9. The van der Waals surface area contributed by atoms with E-state index in [-0.39, 0.29) is 12.5 Å². The van der Waals surface area contributed by atoms with E-state index in [4.69, 9.17) is 0 Å². The second-order valence-corrected chi connectivity index (χ2v) is 10.4. The van der Waals surface area contributed by atoms with E-state index in [1.54, 1.807) is 11.0 Å². The van der Waals surface area contributed by atoms with Crippen LogP contribution in [0.3, 0.4) is 0 Å². The Hall–Kier alpha value is -3.93. The molecule has 0 aromatic heterocycles. The lowest BCUT2D eigenvalue weighted by Gasteiger charge is -2.29. The number of hydrogen-bond donors (Lipinski definition) is 1. The summed E-state index contributed by atoms with van der Waals surface area (Å²) in [7, 11) is 0. The molecule has 0 bridgehead atoms. The number of carbonyl (C=O) groups is 3. The summed E-state index contributed by atoms with van der Waals surface area (Å²) >= 11 is 0. The first kappa shape index (κ1) is 26.1. The maximum absolute atomic E-state index is 13.9. The predicted octanol–water partition coefficient (Wildman–Crippen LogP) is 5.26. The minimum absolute atomic E-state index is 0.0327. The van der Waals surface area contributed by atoms with Crippen LogP contribution in [0.4, 0.5) is 10.5 Å². The molecule has 1 aliphatic rings. The third-order valence-electron chi connectivity index (χ3n) is 6.60. The van der Waals surface area contributed by atoms with Crippen LogP contribution in [0, 0.1) is 5.41 Å². The molecule has 0 atom stereocenters. The van der Waals surface area contributed by atoms with E-state index in [0.29, 0.717) is 43.6 Å². The van der Waals surface area contributed by atoms with Crippen molar-refractivity contribution in [2.24, 2.45) is 5.41 Å². The number of amides is 4. The molecule has 3 aromatic carbocycles. The van der Waals surface area contributed by atoms with Crippen LogP contribution in [0.15, 0.2) is 78.9 Å². The van der Waals surface area contributed by atoms with Crippen molar-refractivity contribution in [3.05, 3.63) is 101 Å². The number of para-hydroxylation sites is 1. The highest BCUT2D eigenvalue weighted by atomic mass is 16.2. The van der Waals surface area contributed by atoms with Gasteiger partial charge in [0.25, 0.3) is 5.91 Å². The van der Waals surface area contributed by atoms with Gasteiger partial charge in [-0.3, -0.25) is 14.5 Å². The van der Waals surface area contributed by atoms with Crippen LogP contribution in [0.25, 0.3) is 0 Å². The minimum atomic E-state index is -0.584. The van der Waals surface area contributed by atoms with Crippen LogP contribution in [0.5, 0.6) is 0 Å². The number of carbonyl (C=O) groups excluding carboxylic acids is 3. The van der Waals surface area contributed by atoms with Gasteiger partial charge in [-0.1, -0.05) is 93.6 Å². The maximum atomic E-state index is 13.9. The van der Waals surface area contributed by atoms with Crippen LogP contribution in [0.2, 0.25) is 0 Å². The number of nitrogens with zero attached hydrogens (tertiary/aromatic N) is 2. The molecule has 3 aromatic rings. The number of hydrogen-bond acceptors (Lipinski definition) is 3. The van der Waals surface area contributed by atoms with E-state index in [1.807, 2.05) is 93.6 Å². The fourth-order valence-corrected chi connectivity index (χ4v) is 4.62. The molecule has 1 N–H and O–H groups in total. The van der Waals surface area contributed by atoms with Crippen LogP contribution >= 0.6 is 0 Å². The summed E-state index contributed by atoms with van der Waals surface area (Å²) in [6, 6.07) is 24.8. The number of rotatable bonds is 7. The van der Waals surface area contributed by atoms with E-state index >= 15 is 0 Å². The summed E-state index contributed by atoms with van der Waals surface area (Å²) < 4.78 is 0. The number of fused-ring (bicyclic) bond motifs is 1. The normalized spacial score (nSPS) is 12.7. The zero-order chi connectivity index (χ0) is 26.4. The highest BCUT2D eigenvalue weighted by molar-refractivity contribution is 6.11. The molecule has 37 heavy (non-hydrogen) atoms. The van der Waals surface area contributed by atoms with Crippen molar-refractivity contribution in [2.75, 3.05) is 24.5 Å². The number of benzene rings is 3. The Bertz CT molecular complexity index is 1250. The molecular formula is C31H35N3O3. The van der Waals surface area contributed by atoms with Gasteiger partial charge in [0.1, 0.15) is 0 Å². The molecule has 4 amide bonds. The minimum Gasteiger partial charge on any atom is -0.337 e. The summed E-state index contributed by atoms with van der Waals surface area (Å²) in [6.07, 6.45) is 1.89. The summed E-state index contributed by atoms with van der Waals surface area (Å²) in [4.78, 5) is 43.5. The van der Waals surface area contributed by atoms with Gasteiger partial charge in [0, 0.05) is 25.0 Å². The van der Waals surface area contributed by atoms with Crippen LogP contribution < -0.4 is 10.2 Å². The van der Waals surface area contributed by atoms with Crippen molar-refractivity contribution in [3.63, 3.8) is 0 Å². The molecule has 0 radical (unpaired) electrons. The summed E-state index contributed by atoms with van der Waals surface area (Å²) in [5.74, 6) is -0.423. The number of anilines is 1. The molecule has 1 aliphatic heterocycles. The topological polar surface area (TPSA) is 69.7 Å². The molecule has 0 fully saturated rings. The van der Waals surface area contributed by atoms with Gasteiger partial charge in [0.2, 0.25) is 5.91 Å². The average molecular weight is 498 g/mol. The first-order valence-corrected chi connectivity index (χ1v) is 12.9. The highest BCUT2D eigenvalue weighted by Gasteiger charge is 2.36. The number of urea groups is 1. The van der Waals surface area contributed by atoms with Gasteiger partial charge >= 0.3 is 6.03 Å². The lowest BCUT2D eigenvalue weighted by molar-refractivity contribution is -0.125. The van der Waals surface area contributed by atoms with Gasteiger partial charge in [-0.05, 0) is 42.0 Å². The summed E-state index contributed by atoms with van der Waals surface area (Å²) in [5.41, 5.74) is 3.55. The summed E-state index contributed by atoms with van der Waals surface area (Å²) in [6.45, 7) is 6.82. The lowest BCUT2D eigenvalue weighted by atomic mass is 9.94. The second kappa shape index (κ2) is 11.4. The average Bonchev–Trinajstić information content (AvgIpc) is 3.33. The third-order valence-corrected chi connectivity index (χ3v) is 6.60. The predicted molar refractivity (Wildman–Crippen MR) is 147 cm³/mol. The van der Waals surface area contributed by atoms with Crippen molar-refractivity contribution in [3.8, 4) is 0 Å². The van der Waals surface area contributed by atoms with Crippen molar-refractivity contribution >= 4 is 23.5 Å². The molecule has 1 heterocycles. The molecule has 0 saturated carbocycles. The van der Waals surface area contributed by atoms with E-state index in [1.165, 1.54) is 4.90 Å². The van der Waals surface area contributed by atoms with Crippen molar-refractivity contribution < 1.29 is 14.4 Å². The first-order chi connectivity index (χ1) is 17.8. The first-order valence-electron chi connectivity index (χ1n) is 12.9. The van der Waals surface area contributed by atoms with Gasteiger partial charge in [-0.15, -0.1) is 0 Å². The molecule has 0 saturated heterocycles. The molecule has 0 aliphatic carbocycles. The SMILES string of the molecule is CC(C)(C)C(=O)N1CCc2cccc(C(=O)N(CCc3ccccc3)C(=O)NCCc3ccccc3)c21. The Kier molecular flexibility index (Phi) is 8.07. The monoisotopic (exact) mass is 497 g/mol. The van der Waals surface area contributed by atoms with Crippen LogP contribution in [0.1, 0.15) is 47.8 Å². The molecule has 0 unspecified atom stereocenters. The maximum Gasteiger partial charge on any atom is 0.324 e. The Morgan fingerprint density at radius 1 is 0.838 bits per heavy atom. The molecule has 192 valence electrons. The number of nitrogens with one attached hydrogen (secondary N) is 1. The molecular weight excluding hydrogens is 462 g/mol. The number of imide groups is 1. The third kappa shape index (κ3) is 6.26. The van der Waals surface area contributed by atoms with E-state index in [2.05, 4.69) is 5.32 Å². The largest absolute Gasteiger partial charge is 0.337 e. The quantitative estimate of drug-likeness (QED) is 0.484. The Balaban J connectivity index is 1.58. The molecule has 6 heteroatoms. The Morgan fingerprint density at radius 3 is 2.08 bits per heavy atom. The molecule has 6 nitrogen and oxygen atoms in total. The molecule has 4 rings (SSSR count). The van der Waals surface area contributed by atoms with Crippen LogP contribution in [-0.2, 0) is 24.1 Å². The zero-order valence-corrected chi connectivity index (χ0v) is 21.9. The van der Waals surface area contributed by atoms with Crippen molar-refractivity contribution in [1.82, 2.24) is 10.2 Å². The van der Waals surface area contributed by atoms with Gasteiger partial charge in [-0.2, -0.15) is 0 Å². The Labute approximate surface area is 219 Å². The van der Waals surface area contributed by atoms with Gasteiger partial charge < -0.3 is 10.2 Å². The van der Waals surface area contributed by atoms with Crippen molar-refractivity contribution in [1.29, 1.82) is 0 Å². The summed E-state index contributed by atoms with van der Waals surface area (Å²) in [5, 5.41) is 2.93. The standard InChI is InChI=1S/C31H35N3O3/c1-31(2,3)29(36)33-22-19-25-15-10-16-26(27(25)33)28(35)34(21-18-24-13-8-5-9-14-24)30(37)32-20-17-23-11-6-4-7-12-23/h4-16H,17-22H2,1-3H3,(H,32,37). The van der Waals surface area contributed by atoms with E-state index < -0.39 is 17.4 Å². The fraction of sp³-hybridized carbons (Fsp3) is 0.323. The van der Waals surface area contributed by atoms with Gasteiger partial charge in [0.15, 0.2) is 0 Å². The Morgan fingerprint density at radius 2 is 1.46 bits per heavy atom. The van der Waals surface area contributed by atoms with Crippen molar-refractivity contribution in [2.45, 2.75) is 40.0 Å². The molecule has 0 spiro atoms. The van der Waals surface area contributed by atoms with Gasteiger partial charge in [0.05, 0.1) is 11.3 Å². The highest BCUT2D eigenvalue weighted by Crippen LogP contribution is 2.35. The lowest BCUT2D eigenvalue weighted by Crippen LogP contribution is -2.46. The fourth-order valence-electron chi connectivity index (χ4n) is 4.62. The second-order valence-electron chi connectivity index (χ2n) is 10.4.